The van der Waals surface area contributed by atoms with E-state index >= 15 is 0 Å². The van der Waals surface area contributed by atoms with Crippen LogP contribution in [0.4, 0.5) is 11.4 Å². The molecule has 5 heteroatoms. The smallest absolute Gasteiger partial charge is 0.268 e. The van der Waals surface area contributed by atoms with E-state index in [4.69, 9.17) is 0 Å². The average Bonchev–Trinajstić information content (AvgIpc) is 2.70. The third kappa shape index (κ3) is 4.62. The van der Waals surface area contributed by atoms with Gasteiger partial charge < -0.3 is 5.11 Å². The van der Waals surface area contributed by atoms with Crippen molar-refractivity contribution in [1.29, 1.82) is 0 Å². The number of phenols is 1. The number of aromatic hydroxyl groups is 1. The van der Waals surface area contributed by atoms with Gasteiger partial charge >= 0.3 is 0 Å². The Hall–Kier alpha value is -2.79. The molecule has 0 spiro atoms. The SMILES string of the molecule is Cc1ccc(N(c2cc(C(C)C)c(O)c(C(C)C)c2)S(=O)(=O)c2ccc(C)cc2)cc1. The molecule has 1 N–H and O–H groups in total. The van der Waals surface area contributed by atoms with Gasteiger partial charge in [0.2, 0.25) is 0 Å². The van der Waals surface area contributed by atoms with Gasteiger partial charge in [0.05, 0.1) is 16.3 Å². The third-order valence-corrected chi connectivity index (χ3v) is 7.23. The van der Waals surface area contributed by atoms with Gasteiger partial charge in [-0.05, 0) is 73.2 Å². The minimum atomic E-state index is -3.88. The molecule has 0 heterocycles. The average molecular weight is 438 g/mol. The molecule has 0 radical (unpaired) electrons. The Morgan fingerprint density at radius 1 is 0.710 bits per heavy atom. The van der Waals surface area contributed by atoms with Crippen LogP contribution in [0.5, 0.6) is 5.75 Å². The molecular weight excluding hydrogens is 406 g/mol. The van der Waals surface area contributed by atoms with Crippen molar-refractivity contribution in [1.82, 2.24) is 0 Å². The summed E-state index contributed by atoms with van der Waals surface area (Å²) in [5.41, 5.74) is 4.59. The van der Waals surface area contributed by atoms with Gasteiger partial charge in [-0.2, -0.15) is 0 Å². The van der Waals surface area contributed by atoms with Crippen molar-refractivity contribution in [2.75, 3.05) is 4.31 Å². The molecule has 0 aliphatic carbocycles. The number of aryl methyl sites for hydroxylation is 2. The van der Waals surface area contributed by atoms with Gasteiger partial charge in [0.15, 0.2) is 0 Å². The van der Waals surface area contributed by atoms with Crippen LogP contribution in [-0.2, 0) is 10.0 Å². The number of hydrogen-bond acceptors (Lipinski definition) is 3. The molecule has 3 aromatic carbocycles. The second-order valence-electron chi connectivity index (χ2n) is 8.70. The van der Waals surface area contributed by atoms with E-state index in [0.717, 1.165) is 22.3 Å². The van der Waals surface area contributed by atoms with Gasteiger partial charge in [-0.3, -0.25) is 0 Å². The fourth-order valence-corrected chi connectivity index (χ4v) is 5.06. The summed E-state index contributed by atoms with van der Waals surface area (Å²) >= 11 is 0. The van der Waals surface area contributed by atoms with Crippen molar-refractivity contribution in [3.63, 3.8) is 0 Å². The molecule has 0 aliphatic rings. The highest BCUT2D eigenvalue weighted by molar-refractivity contribution is 7.93. The maximum Gasteiger partial charge on any atom is 0.268 e. The summed E-state index contributed by atoms with van der Waals surface area (Å²) in [4.78, 5) is 0.226. The van der Waals surface area contributed by atoms with Gasteiger partial charge in [0.1, 0.15) is 5.75 Å². The highest BCUT2D eigenvalue weighted by Crippen LogP contribution is 2.41. The van der Waals surface area contributed by atoms with Crippen molar-refractivity contribution in [2.45, 2.75) is 58.3 Å². The number of nitrogens with zero attached hydrogens (tertiary/aromatic N) is 1. The Labute approximate surface area is 186 Å². The minimum absolute atomic E-state index is 0.0411. The molecule has 0 atom stereocenters. The minimum Gasteiger partial charge on any atom is -0.507 e. The van der Waals surface area contributed by atoms with Crippen LogP contribution in [0.3, 0.4) is 0 Å². The van der Waals surface area contributed by atoms with Gasteiger partial charge in [0, 0.05) is 0 Å². The van der Waals surface area contributed by atoms with Crippen molar-refractivity contribution in [3.8, 4) is 5.75 Å². The van der Waals surface area contributed by atoms with E-state index in [1.54, 1.807) is 36.4 Å². The van der Waals surface area contributed by atoms with E-state index in [9.17, 15) is 13.5 Å². The first-order valence-electron chi connectivity index (χ1n) is 10.6. The predicted octanol–water partition coefficient (Wildman–Crippen LogP) is 6.78. The van der Waals surface area contributed by atoms with Crippen LogP contribution in [0.25, 0.3) is 0 Å². The lowest BCUT2D eigenvalue weighted by Crippen LogP contribution is -2.26. The standard InChI is InChI=1S/C26H31NO3S/c1-17(2)24-15-22(16-25(18(3)4)26(24)28)27(21-11-7-19(5)8-12-21)31(29,30)23-13-9-20(6)10-14-23/h7-18,28H,1-6H3. The fraction of sp³-hybridized carbons (Fsp3) is 0.308. The number of rotatable bonds is 6. The van der Waals surface area contributed by atoms with Gasteiger partial charge in [0.25, 0.3) is 10.0 Å². The first-order chi connectivity index (χ1) is 14.5. The van der Waals surface area contributed by atoms with Crippen molar-refractivity contribution >= 4 is 21.4 Å². The normalized spacial score (nSPS) is 11.9. The van der Waals surface area contributed by atoms with Crippen LogP contribution in [0, 0.1) is 13.8 Å². The maximum atomic E-state index is 13.8. The van der Waals surface area contributed by atoms with Crippen LogP contribution in [-0.4, -0.2) is 13.5 Å². The third-order valence-electron chi connectivity index (χ3n) is 5.46. The Bertz CT molecular complexity index is 1130. The summed E-state index contributed by atoms with van der Waals surface area (Å²) in [5, 5.41) is 10.8. The Balaban J connectivity index is 2.32. The second kappa shape index (κ2) is 8.75. The summed E-state index contributed by atoms with van der Waals surface area (Å²) in [6.45, 7) is 11.9. The molecule has 31 heavy (non-hydrogen) atoms. The number of anilines is 2. The first-order valence-corrected chi connectivity index (χ1v) is 12.0. The molecule has 0 bridgehead atoms. The largest absolute Gasteiger partial charge is 0.507 e. The zero-order valence-corrected chi connectivity index (χ0v) is 19.9. The Morgan fingerprint density at radius 2 is 1.13 bits per heavy atom. The van der Waals surface area contributed by atoms with Crippen LogP contribution in [0.15, 0.2) is 65.6 Å². The van der Waals surface area contributed by atoms with E-state index in [2.05, 4.69) is 0 Å². The van der Waals surface area contributed by atoms with E-state index in [0.29, 0.717) is 11.4 Å². The van der Waals surface area contributed by atoms with Gasteiger partial charge in [-0.15, -0.1) is 0 Å². The molecule has 4 nitrogen and oxygen atoms in total. The van der Waals surface area contributed by atoms with Gasteiger partial charge in [-0.25, -0.2) is 12.7 Å². The first kappa shape index (κ1) is 22.9. The quantitative estimate of drug-likeness (QED) is 0.462. The molecule has 3 rings (SSSR count). The molecule has 164 valence electrons. The summed E-state index contributed by atoms with van der Waals surface area (Å²) in [6.07, 6.45) is 0. The van der Waals surface area contributed by atoms with Crippen LogP contribution >= 0.6 is 0 Å². The van der Waals surface area contributed by atoms with Crippen LogP contribution in [0.2, 0.25) is 0 Å². The highest BCUT2D eigenvalue weighted by atomic mass is 32.2. The Morgan fingerprint density at radius 3 is 1.55 bits per heavy atom. The molecular formula is C26H31NO3S. The number of phenolic OH excluding ortho intramolecular Hbond substituents is 1. The molecule has 0 saturated carbocycles. The summed E-state index contributed by atoms with van der Waals surface area (Å²) in [5.74, 6) is 0.323. The van der Waals surface area contributed by atoms with Gasteiger partial charge in [-0.1, -0.05) is 63.1 Å². The molecule has 0 unspecified atom stereocenters. The maximum absolute atomic E-state index is 13.8. The second-order valence-corrected chi connectivity index (χ2v) is 10.5. The molecule has 0 fully saturated rings. The summed E-state index contributed by atoms with van der Waals surface area (Å²) < 4.78 is 29.1. The Kier molecular flexibility index (Phi) is 6.46. The zero-order valence-electron chi connectivity index (χ0n) is 19.0. The van der Waals surface area contributed by atoms with Crippen LogP contribution < -0.4 is 4.31 Å². The molecule has 0 saturated heterocycles. The zero-order chi connectivity index (χ0) is 22.9. The molecule has 3 aromatic rings. The topological polar surface area (TPSA) is 57.6 Å². The summed E-state index contributed by atoms with van der Waals surface area (Å²) in [6, 6.07) is 17.9. The van der Waals surface area contributed by atoms with E-state index in [1.807, 2.05) is 65.8 Å². The van der Waals surface area contributed by atoms with Crippen molar-refractivity contribution < 1.29 is 13.5 Å². The number of hydrogen-bond donors (Lipinski definition) is 1. The van der Waals surface area contributed by atoms with E-state index in [1.165, 1.54) is 4.31 Å². The van der Waals surface area contributed by atoms with E-state index in [-0.39, 0.29) is 22.5 Å². The monoisotopic (exact) mass is 437 g/mol. The van der Waals surface area contributed by atoms with Crippen LogP contribution in [0.1, 0.15) is 61.8 Å². The lowest BCUT2D eigenvalue weighted by Gasteiger charge is -2.27. The predicted molar refractivity (Wildman–Crippen MR) is 128 cm³/mol. The fourth-order valence-electron chi connectivity index (χ4n) is 3.58. The summed E-state index contributed by atoms with van der Waals surface area (Å²) in [7, 11) is -3.88. The number of sulfonamides is 1. The number of benzene rings is 3. The molecule has 0 aliphatic heterocycles. The lowest BCUT2D eigenvalue weighted by atomic mass is 9.93. The van der Waals surface area contributed by atoms with Crippen molar-refractivity contribution in [3.05, 3.63) is 82.9 Å². The van der Waals surface area contributed by atoms with Crippen molar-refractivity contribution in [2.24, 2.45) is 0 Å². The molecule has 0 aromatic heterocycles. The van der Waals surface area contributed by atoms with E-state index < -0.39 is 10.0 Å². The highest BCUT2D eigenvalue weighted by Gasteiger charge is 2.29. The lowest BCUT2D eigenvalue weighted by molar-refractivity contribution is 0.454. The molecule has 0 amide bonds.